The predicted octanol–water partition coefficient (Wildman–Crippen LogP) is -2.21. The summed E-state index contributed by atoms with van der Waals surface area (Å²) in [5.41, 5.74) is 0. The van der Waals surface area contributed by atoms with Gasteiger partial charge in [-0.1, -0.05) is 45.4 Å². The summed E-state index contributed by atoms with van der Waals surface area (Å²) < 4.78 is 24.2. The number of esters is 1. The molecule has 0 aliphatic carbocycles. The number of ether oxygens (including phenoxy) is 2. The second kappa shape index (κ2) is 36.1. The van der Waals surface area contributed by atoms with Crippen molar-refractivity contribution in [1.29, 1.82) is 0 Å². The topological polar surface area (TPSA) is 157 Å². The van der Waals surface area contributed by atoms with Crippen LogP contribution in [0.4, 0.5) is 0 Å². The third kappa shape index (κ3) is 44.5. The van der Waals surface area contributed by atoms with Crippen molar-refractivity contribution in [3.8, 4) is 83.5 Å². The number of unbranched alkanes of at least 4 members (excludes halogenated alkanes) is 6. The van der Waals surface area contributed by atoms with Crippen LogP contribution in [0.5, 0.6) is 0 Å². The Morgan fingerprint density at radius 2 is 1.35 bits per heavy atom. The molecule has 0 spiro atoms. The van der Waals surface area contributed by atoms with E-state index in [0.29, 0.717) is 6.42 Å². The number of aliphatic hydroxyl groups is 1. The van der Waals surface area contributed by atoms with Gasteiger partial charge < -0.3 is 33.5 Å². The monoisotopic (exact) mass is 653 g/mol. The Morgan fingerprint density at radius 1 is 0.860 bits per heavy atom. The Hall–Kier alpha value is -2.11. The molecule has 0 radical (unpaired) electrons. The molecule has 13 heteroatoms. The van der Waals surface area contributed by atoms with Crippen molar-refractivity contribution in [2.24, 2.45) is 0 Å². The van der Waals surface area contributed by atoms with Crippen LogP contribution in [0.2, 0.25) is 0 Å². The molecule has 10 nitrogen and oxygen atoms in total. The fraction of sp³-hybridized carbons (Fsp3) is 0.467. The van der Waals surface area contributed by atoms with Gasteiger partial charge in [0.25, 0.3) is 0 Å². The number of rotatable bonds is 15. The summed E-state index contributed by atoms with van der Waals surface area (Å²) in [6, 6.07) is 2.33. The zero-order valence-corrected chi connectivity index (χ0v) is 30.0. The van der Waals surface area contributed by atoms with Crippen molar-refractivity contribution in [3.63, 3.8) is 0 Å². The summed E-state index contributed by atoms with van der Waals surface area (Å²) in [7, 11) is -5.14. The zero-order valence-electron chi connectivity index (χ0n) is 25.1. The van der Waals surface area contributed by atoms with Crippen molar-refractivity contribution in [2.75, 3.05) is 20.0 Å². The summed E-state index contributed by atoms with van der Waals surface area (Å²) in [5.74, 6) is 27.9. The molecule has 2 N–H and O–H groups in total. The van der Waals surface area contributed by atoms with E-state index < -0.39 is 33.3 Å². The maximum atomic E-state index is 11.7. The summed E-state index contributed by atoms with van der Waals surface area (Å²) in [5, 5.41) is 10.8. The summed E-state index contributed by atoms with van der Waals surface area (Å²) in [6.07, 6.45) is 11.4. The van der Waals surface area contributed by atoms with Gasteiger partial charge in [0.2, 0.25) is 5.91 Å². The molecule has 0 saturated carbocycles. The third-order valence-electron chi connectivity index (χ3n) is 4.09. The average Bonchev–Trinajstić information content (AvgIpc) is 2.92. The van der Waals surface area contributed by atoms with Crippen molar-refractivity contribution in [3.05, 3.63) is 0 Å². The number of phosphoric acid groups is 1. The van der Waals surface area contributed by atoms with Crippen molar-refractivity contribution >= 4 is 19.7 Å². The normalized spacial score (nSPS) is 8.93. The summed E-state index contributed by atoms with van der Waals surface area (Å²) in [6.45, 7) is 2.02. The Bertz CT molecular complexity index is 1310. The SMILES string of the molecule is C#CC#CC#CC#CC#CC#CC#CNC(C)=O.CCCCCCCCCC(=O)O[C@@H](COCO)COP(=O)([O-])[O-].[HH].[HH].[HH].[HH].[HH].[HH].[HH].[HH].[HH].[HH].[HH].[HH].[HH].[Na+].[Na+]. The average molecular weight is 654 g/mol. The van der Waals surface area contributed by atoms with Gasteiger partial charge in [-0.15, -0.1) is 6.42 Å². The van der Waals surface area contributed by atoms with Crippen LogP contribution in [-0.2, 0) is 28.2 Å². The van der Waals surface area contributed by atoms with Crippen LogP contribution in [0.25, 0.3) is 0 Å². The molecule has 0 heterocycles. The minimum Gasteiger partial charge on any atom is -0.790 e. The first-order chi connectivity index (χ1) is 19.7. The van der Waals surface area contributed by atoms with Gasteiger partial charge in [-0.05, 0) is 41.9 Å². The largest absolute Gasteiger partial charge is 1.00 e. The van der Waals surface area contributed by atoms with Gasteiger partial charge in [0.05, 0.1) is 21.0 Å². The number of nitrogens with one attached hydrogen (secondary N) is 1. The molecule has 0 aliphatic heterocycles. The Morgan fingerprint density at radius 3 is 1.81 bits per heavy atom. The van der Waals surface area contributed by atoms with Crippen LogP contribution in [0.3, 0.4) is 0 Å². The van der Waals surface area contributed by atoms with Gasteiger partial charge >= 0.3 is 65.1 Å². The number of hydrogen-bond donors (Lipinski definition) is 2. The molecule has 0 aliphatic rings. The van der Waals surface area contributed by atoms with Crippen LogP contribution in [0, 0.1) is 83.5 Å². The fourth-order valence-electron chi connectivity index (χ4n) is 2.41. The van der Waals surface area contributed by atoms with Crippen molar-refractivity contribution in [1.82, 2.24) is 5.32 Å². The van der Waals surface area contributed by atoms with E-state index in [1.54, 1.807) is 0 Å². The first-order valence-electron chi connectivity index (χ1n) is 12.4. The molecule has 0 bridgehead atoms. The Labute approximate surface area is 319 Å². The van der Waals surface area contributed by atoms with Gasteiger partial charge in [-0.25, -0.2) is 0 Å². The number of aliphatic hydroxyl groups excluding tert-OH is 1. The zero-order chi connectivity index (χ0) is 31.0. The standard InChI is InChI=1S/C16H5NO.C14H29O8P.2Na.13H2/c1-3-4-5-6-7-8-9-10-11-12-13-14-15-17-16(2)18;1-2-3-4-5-6-7-8-9-14(16)22-13(10-20-12-15)11-21-23(17,18)19;;;;;;;;;;;;;;;/h1H,2H3,(H,17,18);13,15H,2-12H2,1H3,(H2,17,18,19);;;13*1H/q;;2*+1;;;;;;;;;;;;;/p-2/t;13-;;;;;;;;;;;;;;;/m.0.............../s1. The molecule has 244 valence electrons. The van der Waals surface area contributed by atoms with Gasteiger partial charge in [0.1, 0.15) is 12.9 Å². The van der Waals surface area contributed by atoms with E-state index in [4.69, 9.17) is 16.3 Å². The minimum atomic E-state index is -5.14. The van der Waals surface area contributed by atoms with Crippen LogP contribution < -0.4 is 74.2 Å². The summed E-state index contributed by atoms with van der Waals surface area (Å²) >= 11 is 0. The van der Waals surface area contributed by atoms with E-state index in [1.165, 1.54) is 26.2 Å². The number of carbonyl (C=O) groups is 2. The van der Waals surface area contributed by atoms with Gasteiger partial charge in [0.15, 0.2) is 0 Å². The minimum absolute atomic E-state index is 0. The van der Waals surface area contributed by atoms with E-state index in [-0.39, 0.29) is 96.6 Å². The van der Waals surface area contributed by atoms with E-state index in [0.717, 1.165) is 19.3 Å². The number of carbonyl (C=O) groups excluding carboxylic acids is 2. The van der Waals surface area contributed by atoms with Gasteiger partial charge in [-0.2, -0.15) is 0 Å². The molecule has 0 aromatic heterocycles. The van der Waals surface area contributed by atoms with E-state index in [2.05, 4.69) is 98.6 Å². The molecule has 0 rings (SSSR count). The molecule has 1 atom stereocenters. The molecule has 0 saturated heterocycles. The van der Waals surface area contributed by atoms with Crippen LogP contribution in [0.1, 0.15) is 83.8 Å². The molecule has 0 aromatic rings. The second-order valence-electron chi connectivity index (χ2n) is 7.55. The molecule has 0 aromatic carbocycles. The fourth-order valence-corrected chi connectivity index (χ4v) is 2.76. The molecular formula is C30H58NNa2O9P. The molecular weight excluding hydrogens is 595 g/mol. The van der Waals surface area contributed by atoms with Crippen molar-refractivity contribution in [2.45, 2.75) is 71.3 Å². The number of hydrogen-bond acceptors (Lipinski definition) is 9. The van der Waals surface area contributed by atoms with Gasteiger partial charge in [0, 0.05) is 73.5 Å². The third-order valence-corrected chi connectivity index (χ3v) is 4.56. The van der Waals surface area contributed by atoms with Crippen LogP contribution >= 0.6 is 7.82 Å². The smallest absolute Gasteiger partial charge is 0.790 e. The van der Waals surface area contributed by atoms with E-state index >= 15 is 0 Å². The van der Waals surface area contributed by atoms with Gasteiger partial charge in [-0.3, -0.25) is 14.9 Å². The van der Waals surface area contributed by atoms with E-state index in [9.17, 15) is 23.9 Å². The molecule has 1 amide bonds. The Balaban J connectivity index is -0.0000000290. The maximum Gasteiger partial charge on any atom is 1.00 e. The second-order valence-corrected chi connectivity index (χ2v) is 8.70. The summed E-state index contributed by atoms with van der Waals surface area (Å²) in [4.78, 5) is 42.9. The molecule has 43 heavy (non-hydrogen) atoms. The molecule has 0 unspecified atom stereocenters. The predicted molar refractivity (Wildman–Crippen MR) is 176 cm³/mol. The number of terminal acetylenes is 1. The number of amides is 1. The maximum absolute atomic E-state index is 11.7. The first kappa shape index (κ1) is 47.8. The van der Waals surface area contributed by atoms with Crippen molar-refractivity contribution < 1.29 is 121 Å². The quantitative estimate of drug-likeness (QED) is 0.0381. The number of phosphoric ester groups is 1. The first-order valence-corrected chi connectivity index (χ1v) is 13.9. The molecule has 0 fully saturated rings. The van der Waals surface area contributed by atoms with Crippen LogP contribution in [-0.4, -0.2) is 43.1 Å². The van der Waals surface area contributed by atoms with Crippen LogP contribution in [0.15, 0.2) is 0 Å². The van der Waals surface area contributed by atoms with E-state index in [1.807, 2.05) is 0 Å². The Kier molecular flexibility index (Phi) is 40.1.